The van der Waals surface area contributed by atoms with E-state index in [1.165, 1.54) is 62.6 Å². The van der Waals surface area contributed by atoms with Gasteiger partial charge in [0.15, 0.2) is 11.6 Å². The fourth-order valence-electron chi connectivity index (χ4n) is 7.42. The van der Waals surface area contributed by atoms with Crippen LogP contribution >= 0.6 is 22.7 Å². The predicted molar refractivity (Wildman–Crippen MR) is 203 cm³/mol. The van der Waals surface area contributed by atoms with Gasteiger partial charge in [0.2, 0.25) is 0 Å². The molecule has 0 amide bonds. The largest absolute Gasteiger partial charge is 0.292 e. The summed E-state index contributed by atoms with van der Waals surface area (Å²) in [6.07, 6.45) is 0. The molecule has 0 saturated heterocycles. The molecular weight excluding hydrogens is 611 g/mol. The number of aromatic nitrogens is 3. The molecule has 218 valence electrons. The van der Waals surface area contributed by atoms with Gasteiger partial charge in [-0.25, -0.2) is 9.97 Å². The third-order valence-corrected chi connectivity index (χ3v) is 11.9. The van der Waals surface area contributed by atoms with E-state index in [9.17, 15) is 0 Å². The average Bonchev–Trinajstić information content (AvgIpc) is 3.79. The van der Waals surface area contributed by atoms with E-state index in [0.29, 0.717) is 0 Å². The zero-order valence-corrected chi connectivity index (χ0v) is 26.6. The van der Waals surface area contributed by atoms with Gasteiger partial charge in [0, 0.05) is 46.6 Å². The maximum absolute atomic E-state index is 5.49. The van der Waals surface area contributed by atoms with Crippen molar-refractivity contribution in [3.05, 3.63) is 140 Å². The Kier molecular flexibility index (Phi) is 5.14. The second-order valence-corrected chi connectivity index (χ2v) is 14.3. The molecule has 0 aliphatic carbocycles. The monoisotopic (exact) mass is 633 g/mol. The normalized spacial score (nSPS) is 12.3. The average molecular weight is 634 g/mol. The lowest BCUT2D eigenvalue weighted by Crippen LogP contribution is -2.01. The Morgan fingerprint density at radius 3 is 2.11 bits per heavy atom. The van der Waals surface area contributed by atoms with Gasteiger partial charge < -0.3 is 0 Å². The molecule has 0 aliphatic heterocycles. The third-order valence-electron chi connectivity index (χ3n) is 9.58. The highest BCUT2D eigenvalue weighted by Gasteiger charge is 2.22. The molecule has 7 aromatic carbocycles. The highest BCUT2D eigenvalue weighted by Crippen LogP contribution is 2.45. The summed E-state index contributed by atoms with van der Waals surface area (Å²) in [7, 11) is 0. The first-order valence-electron chi connectivity index (χ1n) is 15.7. The minimum Gasteiger partial charge on any atom is -0.292 e. The van der Waals surface area contributed by atoms with Crippen molar-refractivity contribution in [1.29, 1.82) is 0 Å². The van der Waals surface area contributed by atoms with Gasteiger partial charge >= 0.3 is 0 Å². The first kappa shape index (κ1) is 25.6. The Morgan fingerprint density at radius 1 is 0.447 bits per heavy atom. The van der Waals surface area contributed by atoms with Crippen LogP contribution in [-0.4, -0.2) is 14.5 Å². The Labute approximate surface area is 276 Å². The predicted octanol–water partition coefficient (Wildman–Crippen LogP) is 12.3. The lowest BCUT2D eigenvalue weighted by molar-refractivity contribution is 1.08. The Bertz CT molecular complexity index is 3090. The van der Waals surface area contributed by atoms with Crippen LogP contribution in [0.1, 0.15) is 0 Å². The third kappa shape index (κ3) is 3.61. The molecule has 0 atom stereocenters. The van der Waals surface area contributed by atoms with Crippen molar-refractivity contribution < 1.29 is 0 Å². The molecule has 3 nitrogen and oxygen atoms in total. The van der Waals surface area contributed by atoms with Crippen molar-refractivity contribution in [3.8, 4) is 17.2 Å². The van der Waals surface area contributed by atoms with Gasteiger partial charge in [0.25, 0.3) is 0 Å². The molecule has 4 aromatic heterocycles. The summed E-state index contributed by atoms with van der Waals surface area (Å²) in [6.45, 7) is 0. The molecule has 0 fully saturated rings. The quantitative estimate of drug-likeness (QED) is 0.190. The summed E-state index contributed by atoms with van der Waals surface area (Å²) in [5.41, 5.74) is 4.33. The van der Waals surface area contributed by atoms with Crippen molar-refractivity contribution in [2.45, 2.75) is 0 Å². The molecule has 0 aliphatic rings. The molecule has 47 heavy (non-hydrogen) atoms. The van der Waals surface area contributed by atoms with Gasteiger partial charge in [-0.3, -0.25) is 4.57 Å². The van der Waals surface area contributed by atoms with Gasteiger partial charge in [-0.2, -0.15) is 0 Å². The zero-order chi connectivity index (χ0) is 30.6. The standard InChI is InChI=1S/C42H23N3S2/c1-2-11-26-21-27(18-17-24(26)9-1)41-43-39-38-28-12-4-3-10-25(28)19-20-36(38)47-40(39)42(44-41)45-33-15-7-5-13-29(33)31-23-37-32(22-34(31)45)30-14-6-8-16-35(30)46-37/h1-23H. The van der Waals surface area contributed by atoms with Crippen LogP contribution in [0, 0.1) is 0 Å². The Hall–Kier alpha value is -5.62. The Balaban J connectivity index is 1.32. The first-order chi connectivity index (χ1) is 23.3. The molecule has 0 spiro atoms. The molecular formula is C42H23N3S2. The molecule has 0 N–H and O–H groups in total. The molecule has 0 radical (unpaired) electrons. The van der Waals surface area contributed by atoms with E-state index in [-0.39, 0.29) is 0 Å². The molecule has 0 unspecified atom stereocenters. The highest BCUT2D eigenvalue weighted by atomic mass is 32.1. The summed E-state index contributed by atoms with van der Waals surface area (Å²) in [5.74, 6) is 1.66. The van der Waals surface area contributed by atoms with Crippen LogP contribution in [0.3, 0.4) is 0 Å². The van der Waals surface area contributed by atoms with Gasteiger partial charge in [-0.1, -0.05) is 103 Å². The van der Waals surface area contributed by atoms with E-state index in [4.69, 9.17) is 9.97 Å². The zero-order valence-electron chi connectivity index (χ0n) is 24.9. The van der Waals surface area contributed by atoms with E-state index in [0.717, 1.165) is 38.5 Å². The number of fused-ring (bicyclic) bond motifs is 12. The summed E-state index contributed by atoms with van der Waals surface area (Å²) in [4.78, 5) is 10.9. The maximum Gasteiger partial charge on any atom is 0.162 e. The molecule has 0 bridgehead atoms. The number of hydrogen-bond acceptors (Lipinski definition) is 4. The molecule has 0 saturated carbocycles. The summed E-state index contributed by atoms with van der Waals surface area (Å²) >= 11 is 3.65. The van der Waals surface area contributed by atoms with Crippen molar-refractivity contribution in [1.82, 2.24) is 14.5 Å². The molecule has 5 heteroatoms. The smallest absolute Gasteiger partial charge is 0.162 e. The van der Waals surface area contributed by atoms with Crippen LogP contribution in [0.4, 0.5) is 0 Å². The van der Waals surface area contributed by atoms with Crippen LogP contribution < -0.4 is 0 Å². The number of para-hydroxylation sites is 1. The Morgan fingerprint density at radius 2 is 1.19 bits per heavy atom. The van der Waals surface area contributed by atoms with Crippen LogP contribution in [-0.2, 0) is 0 Å². The van der Waals surface area contributed by atoms with Gasteiger partial charge in [0.05, 0.1) is 21.3 Å². The van der Waals surface area contributed by atoms with Gasteiger partial charge in [0.1, 0.15) is 0 Å². The fourth-order valence-corrected chi connectivity index (χ4v) is 9.68. The topological polar surface area (TPSA) is 30.7 Å². The minimum atomic E-state index is 0.735. The molecule has 11 rings (SSSR count). The number of rotatable bonds is 2. The second kappa shape index (κ2) is 9.46. The highest BCUT2D eigenvalue weighted by molar-refractivity contribution is 7.26. The summed E-state index contributed by atoms with van der Waals surface area (Å²) in [5, 5.41) is 11.1. The lowest BCUT2D eigenvalue weighted by atomic mass is 10.1. The molecule has 4 heterocycles. The second-order valence-electron chi connectivity index (χ2n) is 12.2. The molecule has 11 aromatic rings. The minimum absolute atomic E-state index is 0.735. The van der Waals surface area contributed by atoms with Crippen molar-refractivity contribution >= 4 is 106 Å². The van der Waals surface area contributed by atoms with E-state index in [1.807, 2.05) is 11.3 Å². The number of hydrogen-bond donors (Lipinski definition) is 0. The maximum atomic E-state index is 5.49. The SMILES string of the molecule is c1ccc2cc(-c3nc(-n4c5ccccc5c5cc6sc7ccccc7c6cc54)c4sc5ccc6ccccc6c5c4n3)ccc2c1. The van der Waals surface area contributed by atoms with Crippen LogP contribution in [0.15, 0.2) is 140 Å². The van der Waals surface area contributed by atoms with Crippen LogP contribution in [0.25, 0.3) is 101 Å². The number of nitrogens with zero attached hydrogens (tertiary/aromatic N) is 3. The van der Waals surface area contributed by atoms with E-state index < -0.39 is 0 Å². The van der Waals surface area contributed by atoms with E-state index >= 15 is 0 Å². The summed E-state index contributed by atoms with van der Waals surface area (Å²) in [6, 6.07) is 50.4. The first-order valence-corrected chi connectivity index (χ1v) is 17.4. The van der Waals surface area contributed by atoms with E-state index in [1.54, 1.807) is 11.3 Å². The summed E-state index contributed by atoms with van der Waals surface area (Å²) < 4.78 is 7.32. The fraction of sp³-hybridized carbons (Fsp3) is 0. The van der Waals surface area contributed by atoms with E-state index in [2.05, 4.69) is 144 Å². The van der Waals surface area contributed by atoms with Crippen LogP contribution in [0.2, 0.25) is 0 Å². The lowest BCUT2D eigenvalue weighted by Gasteiger charge is -2.11. The van der Waals surface area contributed by atoms with Crippen molar-refractivity contribution in [3.63, 3.8) is 0 Å². The van der Waals surface area contributed by atoms with Gasteiger partial charge in [-0.15, -0.1) is 22.7 Å². The van der Waals surface area contributed by atoms with Crippen LogP contribution in [0.5, 0.6) is 0 Å². The number of benzene rings is 7. The van der Waals surface area contributed by atoms with Crippen molar-refractivity contribution in [2.75, 3.05) is 0 Å². The number of thiophene rings is 2. The van der Waals surface area contributed by atoms with Crippen molar-refractivity contribution in [2.24, 2.45) is 0 Å². The van der Waals surface area contributed by atoms with Gasteiger partial charge in [-0.05, 0) is 57.9 Å².